The molecule has 88 valence electrons. The first-order valence-electron chi connectivity index (χ1n) is 5.65. The Morgan fingerprint density at radius 2 is 2.56 bits per heavy atom. The molecule has 1 aromatic rings. The van der Waals surface area contributed by atoms with Gasteiger partial charge in [0.15, 0.2) is 5.17 Å². The van der Waals surface area contributed by atoms with Gasteiger partial charge in [-0.2, -0.15) is 0 Å². The fraction of sp³-hybridized carbons (Fsp3) is 0.636. The normalized spacial score (nSPS) is 23.4. The molecule has 2 heterocycles. The van der Waals surface area contributed by atoms with Crippen LogP contribution in [-0.2, 0) is 13.0 Å². The van der Waals surface area contributed by atoms with Gasteiger partial charge in [-0.05, 0) is 13.3 Å². The molecule has 1 atom stereocenters. The van der Waals surface area contributed by atoms with Gasteiger partial charge in [0, 0.05) is 18.2 Å². The Morgan fingerprint density at radius 1 is 1.69 bits per heavy atom. The van der Waals surface area contributed by atoms with Crippen molar-refractivity contribution in [3.8, 4) is 0 Å². The van der Waals surface area contributed by atoms with Crippen molar-refractivity contribution in [3.63, 3.8) is 0 Å². The summed E-state index contributed by atoms with van der Waals surface area (Å²) in [5.74, 6) is 2.76. The molecule has 0 radical (unpaired) electrons. The smallest absolute Gasteiger partial charge is 0.216 e. The van der Waals surface area contributed by atoms with Crippen LogP contribution in [-0.4, -0.2) is 21.9 Å². The highest BCUT2D eigenvalue weighted by molar-refractivity contribution is 8.13. The van der Waals surface area contributed by atoms with Crippen LogP contribution in [0.5, 0.6) is 0 Å². The number of aromatic nitrogens is 1. The quantitative estimate of drug-likeness (QED) is 0.878. The fourth-order valence-corrected chi connectivity index (χ4v) is 2.58. The Kier molecular flexibility index (Phi) is 3.88. The summed E-state index contributed by atoms with van der Waals surface area (Å²) in [6.07, 6.45) is 3.86. The third-order valence-electron chi connectivity index (χ3n) is 2.47. The van der Waals surface area contributed by atoms with Gasteiger partial charge in [0.2, 0.25) is 5.89 Å². The first kappa shape index (κ1) is 11.5. The lowest BCUT2D eigenvalue weighted by Crippen LogP contribution is -2.35. The molecule has 2 rings (SSSR count). The molecule has 1 aliphatic rings. The van der Waals surface area contributed by atoms with Crippen molar-refractivity contribution >= 4 is 16.9 Å². The van der Waals surface area contributed by atoms with Crippen LogP contribution in [0, 0.1) is 0 Å². The lowest BCUT2D eigenvalue weighted by atomic mass is 10.3. The summed E-state index contributed by atoms with van der Waals surface area (Å²) in [5.41, 5.74) is 0. The minimum atomic E-state index is 0.524. The molecule has 0 saturated carbocycles. The van der Waals surface area contributed by atoms with Gasteiger partial charge in [-0.1, -0.05) is 18.7 Å². The number of nitrogens with zero attached hydrogens (tertiary/aromatic N) is 2. The predicted octanol–water partition coefficient (Wildman–Crippen LogP) is 2.21. The molecule has 0 amide bonds. The molecule has 1 aliphatic heterocycles. The highest BCUT2D eigenvalue weighted by atomic mass is 32.2. The van der Waals surface area contributed by atoms with Gasteiger partial charge in [-0.15, -0.1) is 0 Å². The second kappa shape index (κ2) is 5.39. The number of aliphatic imine (C=N–C) groups is 1. The van der Waals surface area contributed by atoms with Crippen LogP contribution in [0.2, 0.25) is 0 Å². The summed E-state index contributed by atoms with van der Waals surface area (Å²) < 4.78 is 5.50. The maximum absolute atomic E-state index is 5.50. The van der Waals surface area contributed by atoms with Crippen molar-refractivity contribution in [1.82, 2.24) is 10.3 Å². The number of hydrogen-bond donors (Lipinski definition) is 1. The summed E-state index contributed by atoms with van der Waals surface area (Å²) in [6.45, 7) is 4.76. The van der Waals surface area contributed by atoms with E-state index in [4.69, 9.17) is 4.42 Å². The summed E-state index contributed by atoms with van der Waals surface area (Å²) >= 11 is 1.77. The van der Waals surface area contributed by atoms with E-state index in [1.807, 2.05) is 0 Å². The van der Waals surface area contributed by atoms with Gasteiger partial charge in [-0.25, -0.2) is 4.98 Å². The van der Waals surface area contributed by atoms with Crippen LogP contribution in [0.15, 0.2) is 15.6 Å². The van der Waals surface area contributed by atoms with E-state index in [9.17, 15) is 0 Å². The fourth-order valence-electron chi connectivity index (χ4n) is 1.47. The number of thioether (sulfide) groups is 1. The van der Waals surface area contributed by atoms with Crippen molar-refractivity contribution in [2.75, 3.05) is 5.75 Å². The van der Waals surface area contributed by atoms with Crippen molar-refractivity contribution in [2.24, 2.45) is 4.99 Å². The lowest BCUT2D eigenvalue weighted by molar-refractivity contribution is 0.461. The summed E-state index contributed by atoms with van der Waals surface area (Å²) in [4.78, 5) is 8.64. The lowest BCUT2D eigenvalue weighted by Gasteiger charge is -2.21. The van der Waals surface area contributed by atoms with Crippen LogP contribution >= 0.6 is 11.8 Å². The summed E-state index contributed by atoms with van der Waals surface area (Å²) in [5, 5.41) is 4.36. The molecule has 5 heteroatoms. The monoisotopic (exact) mass is 239 g/mol. The molecular weight excluding hydrogens is 222 g/mol. The molecule has 0 bridgehead atoms. The molecule has 4 nitrogen and oxygen atoms in total. The van der Waals surface area contributed by atoms with E-state index < -0.39 is 0 Å². The number of amidine groups is 1. The van der Waals surface area contributed by atoms with Crippen molar-refractivity contribution in [1.29, 1.82) is 0 Å². The first-order valence-corrected chi connectivity index (χ1v) is 6.64. The molecule has 1 aromatic heterocycles. The second-order valence-electron chi connectivity index (χ2n) is 3.88. The highest BCUT2D eigenvalue weighted by Gasteiger charge is 2.13. The molecule has 1 N–H and O–H groups in total. The number of rotatable bonds is 3. The van der Waals surface area contributed by atoms with Crippen molar-refractivity contribution in [2.45, 2.75) is 39.3 Å². The predicted molar refractivity (Wildman–Crippen MR) is 66.7 cm³/mol. The number of nitrogens with one attached hydrogen (secondary N) is 1. The van der Waals surface area contributed by atoms with Gasteiger partial charge < -0.3 is 9.73 Å². The zero-order valence-corrected chi connectivity index (χ0v) is 10.5. The molecule has 1 saturated heterocycles. The highest BCUT2D eigenvalue weighted by Crippen LogP contribution is 2.14. The SMILES string of the molecule is CCc1cnc(CN=C2NC(C)CCS2)o1. The van der Waals surface area contributed by atoms with Gasteiger partial charge >= 0.3 is 0 Å². The first-order chi connectivity index (χ1) is 7.78. The Morgan fingerprint density at radius 3 is 3.25 bits per heavy atom. The van der Waals surface area contributed by atoms with E-state index in [0.717, 1.165) is 23.1 Å². The molecule has 0 aromatic carbocycles. The second-order valence-corrected chi connectivity index (χ2v) is 4.96. The van der Waals surface area contributed by atoms with Crippen LogP contribution < -0.4 is 5.32 Å². The molecule has 0 spiro atoms. The maximum atomic E-state index is 5.50. The Hall–Kier alpha value is -0.970. The van der Waals surface area contributed by atoms with Gasteiger partial charge in [0.05, 0.1) is 6.20 Å². The summed E-state index contributed by atoms with van der Waals surface area (Å²) in [7, 11) is 0. The van der Waals surface area contributed by atoms with E-state index in [0.29, 0.717) is 18.5 Å². The van der Waals surface area contributed by atoms with E-state index in [1.165, 1.54) is 6.42 Å². The van der Waals surface area contributed by atoms with Gasteiger partial charge in [0.25, 0.3) is 0 Å². The average Bonchev–Trinajstić information content (AvgIpc) is 2.74. The van der Waals surface area contributed by atoms with Gasteiger partial charge in [0.1, 0.15) is 12.3 Å². The minimum Gasteiger partial charge on any atom is -0.444 e. The number of aryl methyl sites for hydroxylation is 1. The Labute approximate surface area is 99.9 Å². The van der Waals surface area contributed by atoms with Crippen LogP contribution in [0.3, 0.4) is 0 Å². The average molecular weight is 239 g/mol. The minimum absolute atomic E-state index is 0.524. The Balaban J connectivity index is 1.92. The van der Waals surface area contributed by atoms with Crippen molar-refractivity contribution < 1.29 is 4.42 Å². The summed E-state index contributed by atoms with van der Waals surface area (Å²) in [6, 6.07) is 0.524. The number of hydrogen-bond acceptors (Lipinski definition) is 4. The van der Waals surface area contributed by atoms with E-state index >= 15 is 0 Å². The molecule has 1 fully saturated rings. The number of oxazole rings is 1. The van der Waals surface area contributed by atoms with Gasteiger partial charge in [-0.3, -0.25) is 4.99 Å². The Bertz CT molecular complexity index is 375. The zero-order chi connectivity index (χ0) is 11.4. The largest absolute Gasteiger partial charge is 0.444 e. The molecular formula is C11H17N3OS. The van der Waals surface area contributed by atoms with Crippen LogP contribution in [0.1, 0.15) is 31.9 Å². The third-order valence-corrected chi connectivity index (χ3v) is 3.43. The van der Waals surface area contributed by atoms with E-state index in [-0.39, 0.29) is 0 Å². The molecule has 1 unspecified atom stereocenters. The zero-order valence-electron chi connectivity index (χ0n) is 9.69. The van der Waals surface area contributed by atoms with E-state index in [2.05, 4.69) is 29.1 Å². The third kappa shape index (κ3) is 3.01. The van der Waals surface area contributed by atoms with E-state index in [1.54, 1.807) is 18.0 Å². The topological polar surface area (TPSA) is 50.4 Å². The van der Waals surface area contributed by atoms with Crippen molar-refractivity contribution in [3.05, 3.63) is 17.8 Å². The molecule has 0 aliphatic carbocycles. The standard InChI is InChI=1S/C11H17N3OS/c1-3-9-6-12-10(15-9)7-13-11-14-8(2)4-5-16-11/h6,8H,3-5,7H2,1-2H3,(H,13,14). The maximum Gasteiger partial charge on any atom is 0.216 e. The molecule has 16 heavy (non-hydrogen) atoms. The van der Waals surface area contributed by atoms with Crippen LogP contribution in [0.4, 0.5) is 0 Å². The van der Waals surface area contributed by atoms with Crippen LogP contribution in [0.25, 0.3) is 0 Å².